The molecule has 0 aromatic heterocycles. The van der Waals surface area contributed by atoms with E-state index in [0.717, 1.165) is 13.1 Å². The van der Waals surface area contributed by atoms with Crippen LogP contribution in [0.1, 0.15) is 0 Å². The Balaban J connectivity index is -0.00000193. The number of ether oxygens (including phenoxy) is 26. The summed E-state index contributed by atoms with van der Waals surface area (Å²) >= 11 is 0. The van der Waals surface area contributed by atoms with Crippen LogP contribution in [-0.2, 0) is 138 Å². The van der Waals surface area contributed by atoms with Crippen LogP contribution in [-0.4, -0.2) is 432 Å². The summed E-state index contributed by atoms with van der Waals surface area (Å²) in [5, 5.41) is 28.7. The zero-order chi connectivity index (χ0) is 79.8. The van der Waals surface area contributed by atoms with Gasteiger partial charge < -0.3 is 154 Å². The monoisotopic (exact) mass is 1580 g/mol. The van der Waals surface area contributed by atoms with Crippen LogP contribution >= 0.6 is 0 Å². The van der Waals surface area contributed by atoms with Gasteiger partial charge in [-0.25, -0.2) is 4.79 Å². The van der Waals surface area contributed by atoms with E-state index in [1.807, 2.05) is 12.2 Å². The number of nitrogens with one attached hydrogen (secondary N) is 1. The van der Waals surface area contributed by atoms with Crippen LogP contribution in [0, 0.1) is 0 Å². The molecule has 0 bridgehead atoms. The fourth-order valence-electron chi connectivity index (χ4n) is 7.39. The van der Waals surface area contributed by atoms with Gasteiger partial charge in [-0.2, -0.15) is 0 Å². The largest absolute Gasteiger partial charge is 0.480 e. The number of carbonyl (C=O) groups excluding carboxylic acids is 2. The molecule has 4 N–H and O–H groups in total. The zero-order valence-electron chi connectivity index (χ0n) is 65.4. The fraction of sp³-hybridized carbons (Fsp3) is 0.797. The van der Waals surface area contributed by atoms with E-state index in [1.165, 1.54) is 0 Å². The smallest absolute Gasteiger partial charge is 0.329 e. The van der Waals surface area contributed by atoms with Crippen molar-refractivity contribution < 1.29 is 153 Å². The van der Waals surface area contributed by atoms with Crippen LogP contribution in [0.25, 0.3) is 0 Å². The second-order valence-electron chi connectivity index (χ2n) is 21.6. The van der Waals surface area contributed by atoms with Crippen LogP contribution in [0.15, 0.2) is 75.9 Å². The second-order valence-corrected chi connectivity index (χ2v) is 21.6. The molecule has 0 spiro atoms. The fourth-order valence-corrected chi connectivity index (χ4v) is 7.39. The van der Waals surface area contributed by atoms with Crippen LogP contribution in [0.4, 0.5) is 0 Å². The predicted octanol–water partition coefficient (Wildman–Crippen LogP) is 1.15. The Hall–Kier alpha value is -4.31. The molecular formula is C74H139N3O32. The molecule has 0 aliphatic rings. The molecule has 0 rings (SSSR count). The minimum Gasteiger partial charge on any atom is -0.480 e. The van der Waals surface area contributed by atoms with Crippen molar-refractivity contribution in [3.8, 4) is 0 Å². The Labute approximate surface area is 648 Å². The van der Waals surface area contributed by atoms with Crippen LogP contribution in [0.2, 0.25) is 0 Å². The number of hydrogen-bond acceptors (Lipinski definition) is 32. The van der Waals surface area contributed by atoms with Gasteiger partial charge in [0, 0.05) is 39.3 Å². The summed E-state index contributed by atoms with van der Waals surface area (Å²) in [6, 6.07) is 0. The van der Waals surface area contributed by atoms with Crippen LogP contribution in [0.5, 0.6) is 0 Å². The Morgan fingerprint density at radius 2 is 0.385 bits per heavy atom. The summed E-state index contributed by atoms with van der Waals surface area (Å²) in [7, 11) is 0. The number of nitrogens with zero attached hydrogens (tertiary/aromatic N) is 2. The molecule has 0 saturated carbocycles. The van der Waals surface area contributed by atoms with E-state index in [9.17, 15) is 14.4 Å². The van der Waals surface area contributed by atoms with Gasteiger partial charge in [0.2, 0.25) is 11.8 Å². The third-order valence-electron chi connectivity index (χ3n) is 12.6. The molecule has 35 nitrogen and oxygen atoms in total. The molecule has 109 heavy (non-hydrogen) atoms. The summed E-state index contributed by atoms with van der Waals surface area (Å²) in [6.45, 7) is 46.0. The number of hydrogen-bond donors (Lipinski definition) is 4. The lowest BCUT2D eigenvalue weighted by atomic mass is 10.4. The van der Waals surface area contributed by atoms with Gasteiger partial charge in [-0.1, -0.05) is 36.5 Å². The Bertz CT molecular complexity index is 1810. The number of carbonyl (C=O) groups is 3. The standard InChI is InChI=1S/C40H72N2O15.C28H56O17.C6H11N/c1-5-9-41(10-6-2)39(43)37-56-35-33-54-31-29-52-27-25-50-23-21-48-19-17-46-15-13-45-14-16-47-18-20-49-22-24-51-26-28-53-30-32-55-34-36-57-38-40(44)42(11-7-3)12-8-4;29-27(30)25-44-23-21-42-19-17-40-15-13-38-11-9-36-7-5-34-3-1-33-2-4-35-6-8-37-10-12-39-14-16-41-18-20-43-22-24-45-26-28(31)32;1-3-5-7-6-4-2/h5-8H,1-4,9-38H2;27,29-30H,1-26H2,(H,31,32);3-4,7H,1-2,5-6H2. The molecule has 2 amide bonds. The molecule has 35 heteroatoms. The van der Waals surface area contributed by atoms with Crippen molar-refractivity contribution in [2.45, 2.75) is 6.29 Å². The molecule has 0 aliphatic carbocycles. The number of rotatable bonds is 92. The Kier molecular flexibility index (Phi) is 99.6. The number of carboxylic acid groups (broad SMARTS) is 1. The van der Waals surface area contributed by atoms with Crippen molar-refractivity contribution in [1.29, 1.82) is 0 Å². The normalized spacial score (nSPS) is 11.1. The first-order valence-electron chi connectivity index (χ1n) is 37.2. The minimum atomic E-state index is -1.46. The number of aliphatic hydroxyl groups is 2. The van der Waals surface area contributed by atoms with E-state index in [4.69, 9.17) is 138 Å². The average Bonchev–Trinajstić information content (AvgIpc) is 0.965. The summed E-state index contributed by atoms with van der Waals surface area (Å²) in [6.07, 6.45) is 8.86. The highest BCUT2D eigenvalue weighted by molar-refractivity contribution is 5.78. The van der Waals surface area contributed by atoms with E-state index < -0.39 is 12.3 Å². The van der Waals surface area contributed by atoms with Crippen molar-refractivity contribution in [2.24, 2.45) is 0 Å². The van der Waals surface area contributed by atoms with Gasteiger partial charge in [-0.3, -0.25) is 9.59 Å². The molecule has 0 saturated heterocycles. The number of aliphatic carboxylic acids is 1. The van der Waals surface area contributed by atoms with E-state index in [-0.39, 0.29) is 44.8 Å². The predicted molar refractivity (Wildman–Crippen MR) is 404 cm³/mol. The minimum absolute atomic E-state index is 0.00142. The van der Waals surface area contributed by atoms with Crippen molar-refractivity contribution in [3.63, 3.8) is 0 Å². The summed E-state index contributed by atoms with van der Waals surface area (Å²) in [5.74, 6) is -1.22. The third-order valence-corrected chi connectivity index (χ3v) is 12.6. The lowest BCUT2D eigenvalue weighted by Gasteiger charge is -2.19. The van der Waals surface area contributed by atoms with E-state index >= 15 is 0 Å². The molecule has 0 heterocycles. The van der Waals surface area contributed by atoms with Gasteiger partial charge in [-0.05, 0) is 0 Å². The lowest BCUT2D eigenvalue weighted by molar-refractivity contribution is -0.143. The molecular weight excluding hydrogens is 1440 g/mol. The number of carboxylic acids is 1. The Morgan fingerprint density at radius 1 is 0.239 bits per heavy atom. The average molecular weight is 1580 g/mol. The van der Waals surface area contributed by atoms with Crippen molar-refractivity contribution in [1.82, 2.24) is 15.1 Å². The van der Waals surface area contributed by atoms with Crippen molar-refractivity contribution >= 4 is 17.8 Å². The van der Waals surface area contributed by atoms with E-state index in [0.29, 0.717) is 337 Å². The molecule has 0 fully saturated rings. The Morgan fingerprint density at radius 3 is 0.523 bits per heavy atom. The molecule has 642 valence electrons. The second kappa shape index (κ2) is 99.8. The van der Waals surface area contributed by atoms with Crippen molar-refractivity contribution in [3.05, 3.63) is 75.9 Å². The molecule has 0 atom stereocenters. The summed E-state index contributed by atoms with van der Waals surface area (Å²) in [5.41, 5.74) is 0. The van der Waals surface area contributed by atoms with Crippen LogP contribution < -0.4 is 5.32 Å². The first kappa shape index (κ1) is 109. The third kappa shape index (κ3) is 99.7. The number of amides is 2. The molecule has 0 aromatic rings. The molecule has 0 aliphatic heterocycles. The van der Waals surface area contributed by atoms with Crippen LogP contribution in [0.3, 0.4) is 0 Å². The topological polar surface area (TPSA) is 370 Å². The van der Waals surface area contributed by atoms with Gasteiger partial charge in [0.15, 0.2) is 6.29 Å². The summed E-state index contributed by atoms with van der Waals surface area (Å²) < 4.78 is 140. The highest BCUT2D eigenvalue weighted by Gasteiger charge is 2.12. The maximum absolute atomic E-state index is 12.0. The molecule has 0 radical (unpaired) electrons. The highest BCUT2D eigenvalue weighted by Crippen LogP contribution is 1.97. The maximum Gasteiger partial charge on any atom is 0.329 e. The first-order chi connectivity index (χ1) is 53.6. The van der Waals surface area contributed by atoms with E-state index in [1.54, 1.807) is 34.1 Å². The van der Waals surface area contributed by atoms with Gasteiger partial charge in [0.05, 0.1) is 324 Å². The quantitative estimate of drug-likeness (QED) is 0.0377. The van der Waals surface area contributed by atoms with Gasteiger partial charge in [0.25, 0.3) is 0 Å². The molecule has 0 aromatic carbocycles. The van der Waals surface area contributed by atoms with Crippen molar-refractivity contribution in [2.75, 3.05) is 383 Å². The summed E-state index contributed by atoms with van der Waals surface area (Å²) in [4.78, 5) is 37.5. The molecule has 0 unspecified atom stereocenters. The maximum atomic E-state index is 12.0. The zero-order valence-corrected chi connectivity index (χ0v) is 65.4. The van der Waals surface area contributed by atoms with Gasteiger partial charge >= 0.3 is 5.97 Å². The van der Waals surface area contributed by atoms with E-state index in [2.05, 4.69) is 44.8 Å². The SMILES string of the molecule is C=CCN(CC=C)C(=O)COCCOCCOCCOCCOCCOCCOCCOCCOCCOCCOCCOCCOCC(=O)N(CC=C)CC=C.C=CCNCC=C.O=C(O)COCCOCCOCCOCCOCCOCCOCCOCCOCCOCCOCCOCCOCC(O)O. The number of aliphatic hydroxyl groups excluding tert-OH is 1. The lowest BCUT2D eigenvalue weighted by Crippen LogP contribution is -2.34. The van der Waals surface area contributed by atoms with Gasteiger partial charge in [0.1, 0.15) is 19.8 Å². The van der Waals surface area contributed by atoms with Gasteiger partial charge in [-0.15, -0.1) is 39.5 Å². The highest BCUT2D eigenvalue weighted by atomic mass is 16.6. The first-order valence-corrected chi connectivity index (χ1v) is 37.2.